The first-order valence-electron chi connectivity index (χ1n) is 4.35. The summed E-state index contributed by atoms with van der Waals surface area (Å²) in [4.78, 5) is 19.4. The predicted molar refractivity (Wildman–Crippen MR) is 53.6 cm³/mol. The molecule has 4 heteroatoms. The monoisotopic (exact) mass is 185 g/mol. The normalized spacial score (nSPS) is 13.4. The van der Waals surface area contributed by atoms with Crippen LogP contribution in [0.3, 0.4) is 0 Å². The molecule has 0 radical (unpaired) electrons. The van der Waals surface area contributed by atoms with Gasteiger partial charge in [-0.1, -0.05) is 0 Å². The molecule has 0 spiro atoms. The van der Waals surface area contributed by atoms with Crippen molar-refractivity contribution in [3.05, 3.63) is 40.3 Å². The van der Waals surface area contributed by atoms with Gasteiger partial charge in [0.15, 0.2) is 0 Å². The van der Waals surface area contributed by atoms with Crippen LogP contribution in [0.5, 0.6) is 0 Å². The molecule has 4 nitrogen and oxygen atoms in total. The molecule has 0 atom stereocenters. The van der Waals surface area contributed by atoms with Gasteiger partial charge in [0.1, 0.15) is 6.67 Å². The van der Waals surface area contributed by atoms with E-state index in [0.717, 1.165) is 16.6 Å². The zero-order valence-corrected chi connectivity index (χ0v) is 7.34. The molecule has 0 saturated heterocycles. The molecule has 0 aliphatic carbocycles. The van der Waals surface area contributed by atoms with Gasteiger partial charge in [0.05, 0.1) is 11.0 Å². The Balaban J connectivity index is 2.61. The van der Waals surface area contributed by atoms with Crippen LogP contribution in [0.2, 0.25) is 0 Å². The van der Waals surface area contributed by atoms with Crippen molar-refractivity contribution < 1.29 is 0 Å². The fourth-order valence-corrected chi connectivity index (χ4v) is 1.71. The van der Waals surface area contributed by atoms with Gasteiger partial charge < -0.3 is 4.57 Å². The van der Waals surface area contributed by atoms with E-state index in [2.05, 4.69) is 9.98 Å². The van der Waals surface area contributed by atoms with Crippen molar-refractivity contribution in [2.75, 3.05) is 0 Å². The van der Waals surface area contributed by atoms with Crippen molar-refractivity contribution in [1.82, 2.24) is 9.55 Å². The summed E-state index contributed by atoms with van der Waals surface area (Å²) in [7, 11) is 0. The Morgan fingerprint density at radius 3 is 3.14 bits per heavy atom. The topological polar surface area (TPSA) is 47.2 Å². The Labute approximate surface area is 79.5 Å². The van der Waals surface area contributed by atoms with E-state index in [1.54, 1.807) is 12.3 Å². The van der Waals surface area contributed by atoms with Crippen molar-refractivity contribution in [3.63, 3.8) is 0 Å². The third kappa shape index (κ3) is 0.907. The largest absolute Gasteiger partial charge is 0.326 e. The van der Waals surface area contributed by atoms with Gasteiger partial charge in [-0.05, 0) is 12.1 Å². The predicted octanol–water partition coefficient (Wildman–Crippen LogP) is 0.786. The lowest BCUT2D eigenvalue weighted by Gasteiger charge is -2.06. The van der Waals surface area contributed by atoms with E-state index in [1.165, 1.54) is 6.07 Å². The lowest BCUT2D eigenvalue weighted by atomic mass is 10.2. The zero-order chi connectivity index (χ0) is 9.54. The Morgan fingerprint density at radius 1 is 1.29 bits per heavy atom. The first-order chi connectivity index (χ1) is 6.84. The molecule has 14 heavy (non-hydrogen) atoms. The van der Waals surface area contributed by atoms with E-state index < -0.39 is 0 Å². The molecule has 68 valence electrons. The molecule has 0 unspecified atom stereocenters. The summed E-state index contributed by atoms with van der Waals surface area (Å²) < 4.78 is 1.98. The van der Waals surface area contributed by atoms with Gasteiger partial charge in [-0.25, -0.2) is 4.98 Å². The van der Waals surface area contributed by atoms with Crippen LogP contribution in [-0.4, -0.2) is 15.8 Å². The summed E-state index contributed by atoms with van der Waals surface area (Å²) in [5, 5.41) is 0. The smallest absolute Gasteiger partial charge is 0.270 e. The molecule has 0 amide bonds. The van der Waals surface area contributed by atoms with Crippen molar-refractivity contribution in [1.29, 1.82) is 0 Å². The highest BCUT2D eigenvalue weighted by Gasteiger charge is 2.08. The molecule has 2 aromatic rings. The SMILES string of the molecule is O=c1ccc2c3c(ccn3CN=C2)n1. The zero-order valence-electron chi connectivity index (χ0n) is 7.34. The molecule has 0 aromatic carbocycles. The number of nitrogens with zero attached hydrogens (tertiary/aromatic N) is 3. The minimum Gasteiger partial charge on any atom is -0.326 e. The molecule has 0 N–H and O–H groups in total. The van der Waals surface area contributed by atoms with E-state index >= 15 is 0 Å². The standard InChI is InChI=1S/C10H7N3O/c14-9-2-1-7-5-11-6-13-4-3-8(12-9)10(7)13/h1-5H,6H2. The number of hydrogen-bond acceptors (Lipinski definition) is 3. The summed E-state index contributed by atoms with van der Waals surface area (Å²) in [6, 6.07) is 5.07. The molecular weight excluding hydrogens is 178 g/mol. The summed E-state index contributed by atoms with van der Waals surface area (Å²) in [5.74, 6) is 0. The first-order valence-corrected chi connectivity index (χ1v) is 4.35. The molecular formula is C10H7N3O. The minimum atomic E-state index is -0.214. The molecule has 2 aromatic heterocycles. The second-order valence-corrected chi connectivity index (χ2v) is 3.21. The maximum absolute atomic E-state index is 11.2. The molecule has 3 rings (SSSR count). The van der Waals surface area contributed by atoms with Crippen LogP contribution in [0.15, 0.2) is 34.2 Å². The van der Waals surface area contributed by atoms with Crippen molar-refractivity contribution >= 4 is 17.2 Å². The highest BCUT2D eigenvalue weighted by Crippen LogP contribution is 2.17. The van der Waals surface area contributed by atoms with Crippen LogP contribution in [-0.2, 0) is 6.67 Å². The number of rotatable bonds is 0. The maximum Gasteiger partial charge on any atom is 0.270 e. The Kier molecular flexibility index (Phi) is 1.33. The lowest BCUT2D eigenvalue weighted by Crippen LogP contribution is -2.01. The molecule has 1 aliphatic heterocycles. The van der Waals surface area contributed by atoms with E-state index in [0.29, 0.717) is 6.67 Å². The summed E-state index contributed by atoms with van der Waals surface area (Å²) in [6.07, 6.45) is 3.68. The van der Waals surface area contributed by atoms with Gasteiger partial charge in [-0.15, -0.1) is 0 Å². The fourth-order valence-electron chi connectivity index (χ4n) is 1.71. The third-order valence-electron chi connectivity index (χ3n) is 2.32. The fraction of sp³-hybridized carbons (Fsp3) is 0.100. The highest BCUT2D eigenvalue weighted by molar-refractivity contribution is 5.96. The van der Waals surface area contributed by atoms with Gasteiger partial charge in [-0.3, -0.25) is 9.79 Å². The quantitative estimate of drug-likeness (QED) is 0.609. The summed E-state index contributed by atoms with van der Waals surface area (Å²) in [6.45, 7) is 0.608. The van der Waals surface area contributed by atoms with Gasteiger partial charge in [0, 0.05) is 24.0 Å². The second kappa shape index (κ2) is 2.51. The number of aliphatic imine (C=N–C) groups is 1. The van der Waals surface area contributed by atoms with Crippen molar-refractivity contribution in [2.45, 2.75) is 6.67 Å². The second-order valence-electron chi connectivity index (χ2n) is 3.21. The Bertz CT molecular complexity index is 598. The van der Waals surface area contributed by atoms with Gasteiger partial charge in [-0.2, -0.15) is 0 Å². The van der Waals surface area contributed by atoms with Crippen molar-refractivity contribution in [2.24, 2.45) is 4.99 Å². The molecule has 0 saturated carbocycles. The van der Waals surface area contributed by atoms with Gasteiger partial charge in [0.2, 0.25) is 0 Å². The average molecular weight is 185 g/mol. The van der Waals surface area contributed by atoms with E-state index in [4.69, 9.17) is 0 Å². The van der Waals surface area contributed by atoms with Crippen LogP contribution in [0.25, 0.3) is 11.0 Å². The lowest BCUT2D eigenvalue weighted by molar-refractivity contribution is 0.761. The van der Waals surface area contributed by atoms with E-state index in [9.17, 15) is 4.79 Å². The summed E-state index contributed by atoms with van der Waals surface area (Å²) in [5.41, 5.74) is 2.46. The minimum absolute atomic E-state index is 0.214. The average Bonchev–Trinajstić information content (AvgIpc) is 2.51. The number of aromatic nitrogens is 2. The summed E-state index contributed by atoms with van der Waals surface area (Å²) >= 11 is 0. The Hall–Kier alpha value is -1.97. The highest BCUT2D eigenvalue weighted by atomic mass is 16.1. The Morgan fingerprint density at radius 2 is 2.21 bits per heavy atom. The molecule has 0 fully saturated rings. The van der Waals surface area contributed by atoms with Crippen LogP contribution in [0, 0.1) is 0 Å². The van der Waals surface area contributed by atoms with Crippen LogP contribution in [0.4, 0.5) is 0 Å². The van der Waals surface area contributed by atoms with Gasteiger partial charge in [0.25, 0.3) is 5.56 Å². The first kappa shape index (κ1) is 7.44. The number of hydrogen-bond donors (Lipinski definition) is 0. The van der Waals surface area contributed by atoms with Crippen molar-refractivity contribution in [3.8, 4) is 0 Å². The van der Waals surface area contributed by atoms with E-state index in [-0.39, 0.29) is 5.56 Å². The van der Waals surface area contributed by atoms with Crippen LogP contribution < -0.4 is 5.56 Å². The third-order valence-corrected chi connectivity index (χ3v) is 2.32. The van der Waals surface area contributed by atoms with Crippen LogP contribution >= 0.6 is 0 Å². The van der Waals surface area contributed by atoms with Crippen LogP contribution in [0.1, 0.15) is 5.56 Å². The maximum atomic E-state index is 11.2. The molecule has 0 bridgehead atoms. The molecule has 1 aliphatic rings. The van der Waals surface area contributed by atoms with E-state index in [1.807, 2.05) is 16.8 Å². The molecule has 3 heterocycles. The van der Waals surface area contributed by atoms with Gasteiger partial charge >= 0.3 is 0 Å².